The Bertz CT molecular complexity index is 133. The van der Waals surface area contributed by atoms with Crippen LogP contribution in [0.5, 0.6) is 0 Å². The van der Waals surface area contributed by atoms with E-state index in [1.54, 1.807) is 0 Å². The molecule has 0 aromatic carbocycles. The van der Waals surface area contributed by atoms with Gasteiger partial charge in [-0.25, -0.2) is 0 Å². The van der Waals surface area contributed by atoms with Crippen LogP contribution in [0.15, 0.2) is 0 Å². The normalized spacial score (nSPS) is 13.5. The molecule has 0 aromatic rings. The first-order valence-electron chi connectivity index (χ1n) is 5.24. The van der Waals surface area contributed by atoms with Crippen LogP contribution in [-0.4, -0.2) is 26.9 Å². The molecule has 0 heterocycles. The van der Waals surface area contributed by atoms with Crippen molar-refractivity contribution in [3.05, 3.63) is 0 Å². The summed E-state index contributed by atoms with van der Waals surface area (Å²) in [4.78, 5) is 0. The Hall–Kier alpha value is 0.110. The van der Waals surface area contributed by atoms with Crippen molar-refractivity contribution in [3.8, 4) is 0 Å². The van der Waals surface area contributed by atoms with Gasteiger partial charge in [-0.1, -0.05) is 20.3 Å². The first-order valence-corrected chi connectivity index (χ1v) is 6.62. The van der Waals surface area contributed by atoms with E-state index in [1.165, 1.54) is 0 Å². The smallest absolute Gasteiger partial charge is 0.0431 e. The maximum absolute atomic E-state index is 11.6. The van der Waals surface area contributed by atoms with Crippen LogP contribution >= 0.6 is 0 Å². The topological polar surface area (TPSA) is 37.3 Å². The van der Waals surface area contributed by atoms with Gasteiger partial charge < -0.3 is 5.11 Å². The maximum atomic E-state index is 11.6. The van der Waals surface area contributed by atoms with Crippen molar-refractivity contribution in [1.29, 1.82) is 0 Å². The molecule has 0 fully saturated rings. The minimum atomic E-state index is -0.643. The van der Waals surface area contributed by atoms with Gasteiger partial charge in [-0.05, 0) is 25.7 Å². The lowest BCUT2D eigenvalue weighted by molar-refractivity contribution is 0.284. The van der Waals surface area contributed by atoms with Crippen molar-refractivity contribution in [2.75, 3.05) is 12.4 Å². The third-order valence-electron chi connectivity index (χ3n) is 2.29. The molecule has 3 heteroatoms. The Morgan fingerprint density at radius 1 is 1.15 bits per heavy atom. The van der Waals surface area contributed by atoms with Crippen molar-refractivity contribution in [3.63, 3.8) is 0 Å². The van der Waals surface area contributed by atoms with Crippen LogP contribution in [0.3, 0.4) is 0 Å². The average Bonchev–Trinajstić information content (AvgIpc) is 2.14. The number of hydrogen-bond donors (Lipinski definition) is 1. The van der Waals surface area contributed by atoms with Crippen molar-refractivity contribution >= 4 is 10.8 Å². The summed E-state index contributed by atoms with van der Waals surface area (Å²) in [5.41, 5.74) is 0. The molecular formula is C10H22O2S. The van der Waals surface area contributed by atoms with E-state index in [1.807, 2.05) is 0 Å². The highest BCUT2D eigenvalue weighted by molar-refractivity contribution is 7.85. The summed E-state index contributed by atoms with van der Waals surface area (Å²) in [7, 11) is -0.643. The van der Waals surface area contributed by atoms with Crippen molar-refractivity contribution in [2.24, 2.45) is 0 Å². The van der Waals surface area contributed by atoms with Gasteiger partial charge in [0.05, 0.1) is 0 Å². The highest BCUT2D eigenvalue weighted by Crippen LogP contribution is 2.08. The van der Waals surface area contributed by atoms with E-state index in [2.05, 4.69) is 13.8 Å². The predicted octanol–water partition coefficient (Wildman–Crippen LogP) is 2.09. The molecule has 0 saturated carbocycles. The van der Waals surface area contributed by atoms with Gasteiger partial charge in [-0.2, -0.15) is 0 Å². The fourth-order valence-electron chi connectivity index (χ4n) is 1.36. The molecule has 0 saturated heterocycles. The second-order valence-corrected chi connectivity index (χ2v) is 5.14. The Balaban J connectivity index is 3.48. The molecule has 0 spiro atoms. The van der Waals surface area contributed by atoms with Gasteiger partial charge in [-0.3, -0.25) is 4.21 Å². The molecule has 2 nitrogen and oxygen atoms in total. The number of hydrogen-bond acceptors (Lipinski definition) is 2. The lowest BCUT2D eigenvalue weighted by Gasteiger charge is -2.11. The van der Waals surface area contributed by atoms with E-state index in [0.29, 0.717) is 5.25 Å². The molecule has 0 aliphatic heterocycles. The molecular weight excluding hydrogens is 184 g/mol. The zero-order valence-electron chi connectivity index (χ0n) is 8.79. The summed E-state index contributed by atoms with van der Waals surface area (Å²) >= 11 is 0. The molecule has 0 aliphatic carbocycles. The minimum absolute atomic E-state index is 0.262. The summed E-state index contributed by atoms with van der Waals surface area (Å²) in [5.74, 6) is 0.812. The lowest BCUT2D eigenvalue weighted by Crippen LogP contribution is -2.15. The monoisotopic (exact) mass is 206 g/mol. The Kier molecular flexibility index (Phi) is 8.77. The van der Waals surface area contributed by atoms with Gasteiger partial charge in [0.1, 0.15) is 0 Å². The van der Waals surface area contributed by atoms with Gasteiger partial charge in [0, 0.05) is 28.4 Å². The highest BCUT2D eigenvalue weighted by atomic mass is 32.2. The summed E-state index contributed by atoms with van der Waals surface area (Å²) in [6, 6.07) is 0. The molecule has 0 amide bonds. The largest absolute Gasteiger partial charge is 0.396 e. The molecule has 13 heavy (non-hydrogen) atoms. The molecule has 0 aliphatic rings. The third kappa shape index (κ3) is 6.22. The van der Waals surface area contributed by atoms with Crippen LogP contribution in [0.25, 0.3) is 0 Å². The van der Waals surface area contributed by atoms with Gasteiger partial charge in [-0.15, -0.1) is 0 Å². The number of rotatable bonds is 8. The SMILES string of the molecule is CCC(CC)S(=O)CCCCCO. The standard InChI is InChI=1S/C10H22O2S/c1-3-10(4-2)13(12)9-7-5-6-8-11/h10-11H,3-9H2,1-2H3. The second kappa shape index (κ2) is 8.70. The lowest BCUT2D eigenvalue weighted by atomic mass is 10.3. The Morgan fingerprint density at radius 3 is 2.23 bits per heavy atom. The second-order valence-electron chi connectivity index (χ2n) is 3.31. The number of aliphatic hydroxyl groups excluding tert-OH is 1. The van der Waals surface area contributed by atoms with E-state index in [0.717, 1.165) is 37.9 Å². The molecule has 1 unspecified atom stereocenters. The van der Waals surface area contributed by atoms with Crippen molar-refractivity contribution in [1.82, 2.24) is 0 Å². The summed E-state index contributed by atoms with van der Waals surface area (Å²) in [5, 5.41) is 8.94. The van der Waals surface area contributed by atoms with Crippen LogP contribution < -0.4 is 0 Å². The zero-order valence-corrected chi connectivity index (χ0v) is 9.61. The molecule has 0 rings (SSSR count). The molecule has 0 radical (unpaired) electrons. The van der Waals surface area contributed by atoms with E-state index in [-0.39, 0.29) is 6.61 Å². The Morgan fingerprint density at radius 2 is 1.77 bits per heavy atom. The van der Waals surface area contributed by atoms with Crippen LogP contribution in [0.2, 0.25) is 0 Å². The summed E-state index contributed by atoms with van der Waals surface area (Å²) in [6.07, 6.45) is 4.87. The number of unbranched alkanes of at least 4 members (excludes halogenated alkanes) is 2. The molecule has 1 atom stereocenters. The quantitative estimate of drug-likeness (QED) is 0.617. The van der Waals surface area contributed by atoms with E-state index >= 15 is 0 Å². The minimum Gasteiger partial charge on any atom is -0.396 e. The third-order valence-corrected chi connectivity index (χ3v) is 4.39. The van der Waals surface area contributed by atoms with Gasteiger partial charge in [0.15, 0.2) is 0 Å². The fourth-order valence-corrected chi connectivity index (χ4v) is 2.93. The fraction of sp³-hybridized carbons (Fsp3) is 1.00. The first-order chi connectivity index (χ1) is 6.26. The molecule has 0 aromatic heterocycles. The zero-order chi connectivity index (χ0) is 10.1. The highest BCUT2D eigenvalue weighted by Gasteiger charge is 2.10. The van der Waals surface area contributed by atoms with Crippen LogP contribution in [0.1, 0.15) is 46.0 Å². The van der Waals surface area contributed by atoms with E-state index < -0.39 is 10.8 Å². The van der Waals surface area contributed by atoms with E-state index in [4.69, 9.17) is 5.11 Å². The van der Waals surface area contributed by atoms with Crippen LogP contribution in [0.4, 0.5) is 0 Å². The molecule has 80 valence electrons. The molecule has 1 N–H and O–H groups in total. The van der Waals surface area contributed by atoms with Crippen molar-refractivity contribution < 1.29 is 9.32 Å². The predicted molar refractivity (Wildman–Crippen MR) is 58.3 cm³/mol. The van der Waals surface area contributed by atoms with Gasteiger partial charge in [0.2, 0.25) is 0 Å². The van der Waals surface area contributed by atoms with Crippen molar-refractivity contribution in [2.45, 2.75) is 51.2 Å². The number of aliphatic hydroxyl groups is 1. The van der Waals surface area contributed by atoms with Gasteiger partial charge in [0.25, 0.3) is 0 Å². The maximum Gasteiger partial charge on any atom is 0.0431 e. The first kappa shape index (κ1) is 13.1. The molecule has 0 bridgehead atoms. The van der Waals surface area contributed by atoms with E-state index in [9.17, 15) is 4.21 Å². The average molecular weight is 206 g/mol. The van der Waals surface area contributed by atoms with Crippen LogP contribution in [-0.2, 0) is 10.8 Å². The Labute approximate surface area is 84.2 Å². The van der Waals surface area contributed by atoms with Gasteiger partial charge >= 0.3 is 0 Å². The summed E-state index contributed by atoms with van der Waals surface area (Å²) < 4.78 is 11.6. The summed E-state index contributed by atoms with van der Waals surface area (Å²) in [6.45, 7) is 4.46. The van der Waals surface area contributed by atoms with Crippen LogP contribution in [0, 0.1) is 0 Å².